The lowest BCUT2D eigenvalue weighted by molar-refractivity contribution is -0.127. The monoisotopic (exact) mass is 280 g/mol. The second-order valence-corrected chi connectivity index (χ2v) is 5.77. The molecule has 0 radical (unpaired) electrons. The molecule has 0 spiro atoms. The van der Waals surface area contributed by atoms with Gasteiger partial charge in [-0.25, -0.2) is 4.39 Å². The summed E-state index contributed by atoms with van der Waals surface area (Å²) in [5.74, 6) is -0.142. The highest BCUT2D eigenvalue weighted by Crippen LogP contribution is 2.46. The largest absolute Gasteiger partial charge is 0.392 e. The summed E-state index contributed by atoms with van der Waals surface area (Å²) < 4.78 is 13.4. The molecule has 1 aromatic carbocycles. The van der Waals surface area contributed by atoms with Crippen molar-refractivity contribution in [2.75, 3.05) is 5.32 Å². The van der Waals surface area contributed by atoms with Gasteiger partial charge < -0.3 is 11.1 Å². The van der Waals surface area contributed by atoms with Gasteiger partial charge in [0.1, 0.15) is 5.82 Å². The van der Waals surface area contributed by atoms with Gasteiger partial charge in [-0.2, -0.15) is 0 Å². The van der Waals surface area contributed by atoms with Gasteiger partial charge in [0.15, 0.2) is 0 Å². The van der Waals surface area contributed by atoms with Crippen molar-refractivity contribution in [1.82, 2.24) is 0 Å². The van der Waals surface area contributed by atoms with E-state index in [-0.39, 0.29) is 16.7 Å². The van der Waals surface area contributed by atoms with Gasteiger partial charge >= 0.3 is 0 Å². The first kappa shape index (κ1) is 13.9. The molecule has 19 heavy (non-hydrogen) atoms. The van der Waals surface area contributed by atoms with E-state index in [0.29, 0.717) is 30.0 Å². The zero-order valence-corrected chi connectivity index (χ0v) is 11.8. The molecule has 0 unspecified atom stereocenters. The standard InChI is InChI=1S/C14H17FN2OS/c1-8-6-14(7-8,12(16)19)13(18)17-11-5-3-4-10(15)9(11)2/h3-5,8H,6-7H2,1-2H3,(H2,16,19)(H,17,18). The zero-order valence-electron chi connectivity index (χ0n) is 11.0. The highest BCUT2D eigenvalue weighted by molar-refractivity contribution is 7.80. The summed E-state index contributed by atoms with van der Waals surface area (Å²) >= 11 is 5.03. The summed E-state index contributed by atoms with van der Waals surface area (Å²) in [5.41, 5.74) is 5.83. The van der Waals surface area contributed by atoms with Gasteiger partial charge in [-0.15, -0.1) is 0 Å². The van der Waals surface area contributed by atoms with Crippen molar-refractivity contribution in [2.24, 2.45) is 17.1 Å². The fourth-order valence-corrected chi connectivity index (χ4v) is 2.87. The Labute approximate surface area is 117 Å². The number of nitrogens with two attached hydrogens (primary N) is 1. The van der Waals surface area contributed by atoms with E-state index in [4.69, 9.17) is 18.0 Å². The molecule has 1 aliphatic carbocycles. The maximum absolute atomic E-state index is 13.4. The fraction of sp³-hybridized carbons (Fsp3) is 0.429. The summed E-state index contributed by atoms with van der Waals surface area (Å²) in [5, 5.41) is 2.75. The van der Waals surface area contributed by atoms with Gasteiger partial charge in [-0.05, 0) is 37.8 Å². The maximum Gasteiger partial charge on any atom is 0.237 e. The number of carbonyl (C=O) groups is 1. The molecule has 0 saturated heterocycles. The summed E-state index contributed by atoms with van der Waals surface area (Å²) in [7, 11) is 0. The summed E-state index contributed by atoms with van der Waals surface area (Å²) in [6, 6.07) is 4.60. The Balaban J connectivity index is 2.21. The second-order valence-electron chi connectivity index (χ2n) is 5.33. The van der Waals surface area contributed by atoms with Gasteiger partial charge in [-0.3, -0.25) is 4.79 Å². The van der Waals surface area contributed by atoms with E-state index in [9.17, 15) is 9.18 Å². The highest BCUT2D eigenvalue weighted by Gasteiger charge is 2.50. The number of benzene rings is 1. The normalized spacial score (nSPS) is 25.5. The molecule has 1 aromatic rings. The third kappa shape index (κ3) is 2.34. The van der Waals surface area contributed by atoms with Crippen molar-refractivity contribution in [1.29, 1.82) is 0 Å². The van der Waals surface area contributed by atoms with Crippen molar-refractivity contribution in [3.63, 3.8) is 0 Å². The van der Waals surface area contributed by atoms with Crippen molar-refractivity contribution >= 4 is 28.8 Å². The average molecular weight is 280 g/mol. The predicted octanol–water partition coefficient (Wildman–Crippen LogP) is 2.78. The van der Waals surface area contributed by atoms with Crippen LogP contribution in [0.15, 0.2) is 18.2 Å². The van der Waals surface area contributed by atoms with Crippen molar-refractivity contribution < 1.29 is 9.18 Å². The lowest BCUT2D eigenvalue weighted by atomic mass is 9.62. The van der Waals surface area contributed by atoms with Crippen LogP contribution in [0.5, 0.6) is 0 Å². The molecule has 1 amide bonds. The molecule has 3 nitrogen and oxygen atoms in total. The Hall–Kier alpha value is -1.49. The maximum atomic E-state index is 13.4. The number of thiocarbonyl (C=S) groups is 1. The minimum atomic E-state index is -0.770. The van der Waals surface area contributed by atoms with Crippen LogP contribution < -0.4 is 11.1 Å². The molecule has 0 aromatic heterocycles. The molecule has 1 saturated carbocycles. The van der Waals surface area contributed by atoms with Crippen LogP contribution in [-0.2, 0) is 4.79 Å². The van der Waals surface area contributed by atoms with Gasteiger partial charge in [0.2, 0.25) is 5.91 Å². The van der Waals surface area contributed by atoms with E-state index in [1.54, 1.807) is 19.1 Å². The van der Waals surface area contributed by atoms with Crippen LogP contribution >= 0.6 is 12.2 Å². The lowest BCUT2D eigenvalue weighted by Crippen LogP contribution is -2.53. The van der Waals surface area contributed by atoms with E-state index in [1.165, 1.54) is 6.07 Å². The van der Waals surface area contributed by atoms with Gasteiger partial charge in [0.25, 0.3) is 0 Å². The Morgan fingerprint density at radius 2 is 2.16 bits per heavy atom. The Kier molecular flexibility index (Phi) is 3.58. The number of rotatable bonds is 3. The van der Waals surface area contributed by atoms with Gasteiger partial charge in [0, 0.05) is 11.3 Å². The summed E-state index contributed by atoms with van der Waals surface area (Å²) in [4.78, 5) is 12.6. The van der Waals surface area contributed by atoms with E-state index in [1.807, 2.05) is 0 Å². The minimum Gasteiger partial charge on any atom is -0.392 e. The van der Waals surface area contributed by atoms with E-state index in [2.05, 4.69) is 12.2 Å². The van der Waals surface area contributed by atoms with Crippen LogP contribution in [0.3, 0.4) is 0 Å². The van der Waals surface area contributed by atoms with Crippen molar-refractivity contribution in [3.05, 3.63) is 29.6 Å². The number of anilines is 1. The van der Waals surface area contributed by atoms with Crippen LogP contribution in [0.25, 0.3) is 0 Å². The summed E-state index contributed by atoms with van der Waals surface area (Å²) in [6.07, 6.45) is 1.31. The molecule has 1 fully saturated rings. The topological polar surface area (TPSA) is 55.1 Å². The molecule has 1 aliphatic rings. The smallest absolute Gasteiger partial charge is 0.237 e. The number of halogens is 1. The first-order valence-electron chi connectivity index (χ1n) is 6.23. The highest BCUT2D eigenvalue weighted by atomic mass is 32.1. The Bertz CT molecular complexity index is 538. The molecule has 0 atom stereocenters. The molecule has 3 N–H and O–H groups in total. The van der Waals surface area contributed by atoms with E-state index < -0.39 is 5.41 Å². The molecule has 0 aliphatic heterocycles. The third-order valence-corrected chi connectivity index (χ3v) is 4.21. The van der Waals surface area contributed by atoms with Crippen molar-refractivity contribution in [3.8, 4) is 0 Å². The minimum absolute atomic E-state index is 0.220. The SMILES string of the molecule is Cc1c(F)cccc1NC(=O)C1(C(N)=S)CC(C)C1. The molecular weight excluding hydrogens is 263 g/mol. The molecule has 0 heterocycles. The predicted molar refractivity (Wildman–Crippen MR) is 77.4 cm³/mol. The second kappa shape index (κ2) is 4.89. The van der Waals surface area contributed by atoms with Crippen LogP contribution in [0.4, 0.5) is 10.1 Å². The molecular formula is C14H17FN2OS. The van der Waals surface area contributed by atoms with E-state index >= 15 is 0 Å². The first-order valence-corrected chi connectivity index (χ1v) is 6.64. The van der Waals surface area contributed by atoms with Crippen molar-refractivity contribution in [2.45, 2.75) is 26.7 Å². The Morgan fingerprint density at radius 3 is 2.68 bits per heavy atom. The number of carbonyl (C=O) groups excluding carboxylic acids is 1. The van der Waals surface area contributed by atoms with Crippen LogP contribution in [0, 0.1) is 24.1 Å². The Morgan fingerprint density at radius 1 is 1.53 bits per heavy atom. The third-order valence-electron chi connectivity index (χ3n) is 3.82. The number of hydrogen-bond acceptors (Lipinski definition) is 2. The van der Waals surface area contributed by atoms with Gasteiger partial charge in [0.05, 0.1) is 10.4 Å². The number of hydrogen-bond donors (Lipinski definition) is 2. The number of nitrogens with one attached hydrogen (secondary N) is 1. The lowest BCUT2D eigenvalue weighted by Gasteiger charge is -2.44. The van der Waals surface area contributed by atoms with Crippen LogP contribution in [-0.4, -0.2) is 10.9 Å². The first-order chi connectivity index (χ1) is 8.86. The van der Waals surface area contributed by atoms with E-state index in [0.717, 1.165) is 0 Å². The average Bonchev–Trinajstić information content (AvgIpc) is 2.30. The molecule has 102 valence electrons. The zero-order chi connectivity index (χ0) is 14.2. The van der Waals surface area contributed by atoms with Crippen LogP contribution in [0.1, 0.15) is 25.3 Å². The summed E-state index contributed by atoms with van der Waals surface area (Å²) in [6.45, 7) is 3.68. The quantitative estimate of drug-likeness (QED) is 0.837. The fourth-order valence-electron chi connectivity index (χ4n) is 2.61. The van der Waals surface area contributed by atoms with Gasteiger partial charge in [-0.1, -0.05) is 25.2 Å². The number of amides is 1. The molecule has 2 rings (SSSR count). The molecule has 5 heteroatoms. The van der Waals surface area contributed by atoms with Crippen LogP contribution in [0.2, 0.25) is 0 Å². The molecule has 0 bridgehead atoms.